The van der Waals surface area contributed by atoms with Crippen molar-refractivity contribution in [2.24, 2.45) is 5.10 Å². The molecule has 0 aliphatic carbocycles. The summed E-state index contributed by atoms with van der Waals surface area (Å²) in [6.45, 7) is 6.26. The molecule has 1 amide bonds. The molecule has 0 radical (unpaired) electrons. The molecular weight excluding hydrogens is 460 g/mol. The highest BCUT2D eigenvalue weighted by atomic mass is 16.6. The number of carbonyl (C=O) groups is 2. The van der Waals surface area contributed by atoms with Crippen LogP contribution in [0.1, 0.15) is 48.2 Å². The maximum atomic E-state index is 12.5. The lowest BCUT2D eigenvalue weighted by atomic mass is 10.0. The Hall–Kier alpha value is -4.33. The number of hydrazone groups is 1. The summed E-state index contributed by atoms with van der Waals surface area (Å²) in [4.78, 5) is 24.6. The van der Waals surface area contributed by atoms with Gasteiger partial charge in [0, 0.05) is 0 Å². The van der Waals surface area contributed by atoms with Crippen LogP contribution >= 0.6 is 0 Å². The normalized spacial score (nSPS) is 10.8. The molecule has 0 spiro atoms. The van der Waals surface area contributed by atoms with Crippen molar-refractivity contribution in [3.63, 3.8) is 0 Å². The molecular formula is C28H30N2O6. The Morgan fingerprint density at radius 2 is 1.61 bits per heavy atom. The molecule has 0 aliphatic rings. The summed E-state index contributed by atoms with van der Waals surface area (Å²) in [5.74, 6) is 1.41. The van der Waals surface area contributed by atoms with Gasteiger partial charge in [-0.15, -0.1) is 0 Å². The maximum Gasteiger partial charge on any atom is 0.343 e. The number of benzene rings is 3. The third kappa shape index (κ3) is 7.59. The Morgan fingerprint density at radius 1 is 0.917 bits per heavy atom. The molecule has 0 heterocycles. The SMILES string of the molecule is CCOc1cc(C=NNC(=O)COc2ccc(C(C)C)cc2)ccc1OC(=O)c1ccc(OC)cc1. The smallest absolute Gasteiger partial charge is 0.343 e. The van der Waals surface area contributed by atoms with E-state index in [0.29, 0.717) is 40.9 Å². The van der Waals surface area contributed by atoms with E-state index in [1.54, 1.807) is 49.6 Å². The monoisotopic (exact) mass is 490 g/mol. The highest BCUT2D eigenvalue weighted by Gasteiger charge is 2.13. The van der Waals surface area contributed by atoms with Crippen molar-refractivity contribution < 1.29 is 28.5 Å². The molecule has 8 heteroatoms. The van der Waals surface area contributed by atoms with Crippen LogP contribution in [0.15, 0.2) is 71.8 Å². The van der Waals surface area contributed by atoms with Gasteiger partial charge in [-0.05, 0) is 78.6 Å². The lowest BCUT2D eigenvalue weighted by Crippen LogP contribution is -2.24. The number of hydrogen-bond acceptors (Lipinski definition) is 7. The standard InChI is InChI=1S/C28H30N2O6/c1-5-34-26-16-20(6-15-25(26)36-28(32)22-9-11-23(33-4)12-10-22)17-29-30-27(31)18-35-24-13-7-21(8-14-24)19(2)3/h6-17,19H,5,18H2,1-4H3,(H,30,31). The first-order chi connectivity index (χ1) is 17.4. The van der Waals surface area contributed by atoms with Gasteiger partial charge in [0.1, 0.15) is 11.5 Å². The minimum atomic E-state index is -0.522. The quantitative estimate of drug-likeness (QED) is 0.177. The van der Waals surface area contributed by atoms with Crippen LogP contribution in [-0.4, -0.2) is 38.4 Å². The second-order valence-corrected chi connectivity index (χ2v) is 8.06. The van der Waals surface area contributed by atoms with E-state index in [1.807, 2.05) is 31.2 Å². The minimum Gasteiger partial charge on any atom is -0.497 e. The predicted molar refractivity (Wildman–Crippen MR) is 137 cm³/mol. The third-order valence-electron chi connectivity index (χ3n) is 5.12. The largest absolute Gasteiger partial charge is 0.497 e. The van der Waals surface area contributed by atoms with Crippen molar-refractivity contribution in [1.29, 1.82) is 0 Å². The molecule has 3 rings (SSSR count). The lowest BCUT2D eigenvalue weighted by molar-refractivity contribution is -0.123. The van der Waals surface area contributed by atoms with Gasteiger partial charge in [-0.1, -0.05) is 26.0 Å². The molecule has 0 bridgehead atoms. The van der Waals surface area contributed by atoms with Crippen molar-refractivity contribution in [3.8, 4) is 23.0 Å². The lowest BCUT2D eigenvalue weighted by Gasteiger charge is -2.11. The second-order valence-electron chi connectivity index (χ2n) is 8.06. The van der Waals surface area contributed by atoms with E-state index < -0.39 is 11.9 Å². The number of esters is 1. The van der Waals surface area contributed by atoms with Crippen molar-refractivity contribution in [3.05, 3.63) is 83.4 Å². The highest BCUT2D eigenvalue weighted by molar-refractivity contribution is 5.92. The van der Waals surface area contributed by atoms with E-state index in [2.05, 4.69) is 24.4 Å². The Morgan fingerprint density at radius 3 is 2.25 bits per heavy atom. The molecule has 1 N–H and O–H groups in total. The molecule has 3 aromatic rings. The van der Waals surface area contributed by atoms with E-state index in [9.17, 15) is 9.59 Å². The average molecular weight is 491 g/mol. The molecule has 0 saturated heterocycles. The van der Waals surface area contributed by atoms with Crippen LogP contribution < -0.4 is 24.4 Å². The number of hydrogen-bond donors (Lipinski definition) is 1. The second kappa shape index (κ2) is 12.9. The van der Waals surface area contributed by atoms with Crippen LogP contribution in [-0.2, 0) is 4.79 Å². The van der Waals surface area contributed by atoms with Crippen LogP contribution in [0.2, 0.25) is 0 Å². The Labute approximate surface area is 210 Å². The number of nitrogens with zero attached hydrogens (tertiary/aromatic N) is 1. The summed E-state index contributed by atoms with van der Waals surface area (Å²) in [6.07, 6.45) is 1.47. The van der Waals surface area contributed by atoms with Crippen LogP contribution in [0, 0.1) is 0 Å². The fourth-order valence-corrected chi connectivity index (χ4v) is 3.15. The van der Waals surface area contributed by atoms with E-state index in [4.69, 9.17) is 18.9 Å². The van der Waals surface area contributed by atoms with Crippen molar-refractivity contribution >= 4 is 18.1 Å². The molecule has 0 saturated carbocycles. The Kier molecular flexibility index (Phi) is 9.45. The first-order valence-corrected chi connectivity index (χ1v) is 11.6. The van der Waals surface area contributed by atoms with Crippen molar-refractivity contribution in [2.45, 2.75) is 26.7 Å². The van der Waals surface area contributed by atoms with Gasteiger partial charge in [0.2, 0.25) is 0 Å². The van der Waals surface area contributed by atoms with Crippen LogP contribution in [0.25, 0.3) is 0 Å². The molecule has 0 atom stereocenters. The van der Waals surface area contributed by atoms with Crippen LogP contribution in [0.4, 0.5) is 0 Å². The van der Waals surface area contributed by atoms with E-state index in [-0.39, 0.29) is 12.4 Å². The topological polar surface area (TPSA) is 95.5 Å². The van der Waals surface area contributed by atoms with E-state index >= 15 is 0 Å². The molecule has 36 heavy (non-hydrogen) atoms. The minimum absolute atomic E-state index is 0.164. The molecule has 0 aliphatic heterocycles. The summed E-state index contributed by atoms with van der Waals surface area (Å²) in [5.41, 5.74) is 4.65. The van der Waals surface area contributed by atoms with E-state index in [1.165, 1.54) is 11.8 Å². The molecule has 3 aromatic carbocycles. The third-order valence-corrected chi connectivity index (χ3v) is 5.12. The first-order valence-electron chi connectivity index (χ1n) is 11.6. The fourth-order valence-electron chi connectivity index (χ4n) is 3.15. The summed E-state index contributed by atoms with van der Waals surface area (Å²) in [6, 6.07) is 19.2. The number of carbonyl (C=O) groups excluding carboxylic acids is 2. The zero-order valence-corrected chi connectivity index (χ0v) is 20.8. The summed E-state index contributed by atoms with van der Waals surface area (Å²) in [5, 5.41) is 3.97. The number of amides is 1. The van der Waals surface area contributed by atoms with Gasteiger partial charge >= 0.3 is 5.97 Å². The summed E-state index contributed by atoms with van der Waals surface area (Å²) < 4.78 is 21.7. The van der Waals surface area contributed by atoms with Gasteiger partial charge in [0.05, 0.1) is 25.5 Å². The molecule has 8 nitrogen and oxygen atoms in total. The van der Waals surface area contributed by atoms with Crippen molar-refractivity contribution in [2.75, 3.05) is 20.3 Å². The summed E-state index contributed by atoms with van der Waals surface area (Å²) in [7, 11) is 1.55. The van der Waals surface area contributed by atoms with Gasteiger partial charge in [0.15, 0.2) is 18.1 Å². The number of ether oxygens (including phenoxy) is 4. The number of nitrogens with one attached hydrogen (secondary N) is 1. The van der Waals surface area contributed by atoms with Gasteiger partial charge in [-0.2, -0.15) is 5.10 Å². The maximum absolute atomic E-state index is 12.5. The highest BCUT2D eigenvalue weighted by Crippen LogP contribution is 2.29. The zero-order chi connectivity index (χ0) is 25.9. The Balaban J connectivity index is 1.56. The fraction of sp³-hybridized carbons (Fsp3) is 0.250. The molecule has 0 aromatic heterocycles. The Bertz CT molecular complexity index is 1190. The average Bonchev–Trinajstić information content (AvgIpc) is 2.89. The predicted octanol–water partition coefficient (Wildman–Crippen LogP) is 4.97. The van der Waals surface area contributed by atoms with Gasteiger partial charge < -0.3 is 18.9 Å². The molecule has 0 fully saturated rings. The number of rotatable bonds is 11. The zero-order valence-electron chi connectivity index (χ0n) is 20.8. The number of methoxy groups -OCH3 is 1. The van der Waals surface area contributed by atoms with Crippen molar-refractivity contribution in [1.82, 2.24) is 5.43 Å². The van der Waals surface area contributed by atoms with Gasteiger partial charge in [0.25, 0.3) is 5.91 Å². The van der Waals surface area contributed by atoms with Gasteiger partial charge in [-0.3, -0.25) is 4.79 Å². The van der Waals surface area contributed by atoms with E-state index in [0.717, 1.165) is 0 Å². The first kappa shape index (κ1) is 26.3. The van der Waals surface area contributed by atoms with Crippen LogP contribution in [0.3, 0.4) is 0 Å². The molecule has 188 valence electrons. The molecule has 0 unspecified atom stereocenters. The summed E-state index contributed by atoms with van der Waals surface area (Å²) >= 11 is 0. The van der Waals surface area contributed by atoms with Gasteiger partial charge in [-0.25, -0.2) is 10.2 Å². The van der Waals surface area contributed by atoms with Crippen LogP contribution in [0.5, 0.6) is 23.0 Å².